The lowest BCUT2D eigenvalue weighted by Crippen LogP contribution is -2.14. The molecule has 0 atom stereocenters. The summed E-state index contributed by atoms with van der Waals surface area (Å²) in [6.45, 7) is 0. The Labute approximate surface area is 88.8 Å². The zero-order chi connectivity index (χ0) is 8.43. The number of nitrogen functional groups attached to an aromatic ring is 3. The Hall–Kier alpha value is -1.13. The Morgan fingerprint density at radius 3 is 2.08 bits per heavy atom. The number of nitrogens with two attached hydrogens (primary N) is 3. The predicted octanol–water partition coefficient (Wildman–Crippen LogP) is 0.979. The molecule has 0 saturated carbocycles. The van der Waals surface area contributed by atoms with Crippen molar-refractivity contribution in [3.05, 3.63) is 23.8 Å². The number of benzene rings is 1. The van der Waals surface area contributed by atoms with Gasteiger partial charge in [-0.1, -0.05) is 6.07 Å². The van der Waals surface area contributed by atoms with E-state index in [1.165, 1.54) is 0 Å². The van der Waals surface area contributed by atoms with Gasteiger partial charge in [-0.05, 0) is 12.1 Å². The number of para-hydroxylation sites is 1. The highest BCUT2D eigenvalue weighted by Gasteiger charge is 2.02. The summed E-state index contributed by atoms with van der Waals surface area (Å²) in [4.78, 5) is 0. The van der Waals surface area contributed by atoms with Crippen LogP contribution in [0.25, 0.3) is 0 Å². The van der Waals surface area contributed by atoms with Gasteiger partial charge in [-0.3, -0.25) is 5.41 Å². The van der Waals surface area contributed by atoms with E-state index in [2.05, 4.69) is 0 Å². The summed E-state index contributed by atoms with van der Waals surface area (Å²) >= 11 is 0. The van der Waals surface area contributed by atoms with E-state index in [1.807, 2.05) is 0 Å². The maximum atomic E-state index is 7.12. The number of anilines is 2. The normalized spacial score (nSPS) is 8.00. The molecule has 6 heteroatoms. The smallest absolute Gasteiger partial charge is 0.124 e. The number of rotatable bonds is 1. The summed E-state index contributed by atoms with van der Waals surface area (Å²) in [6, 6.07) is 5.04. The molecule has 1 aromatic carbocycles. The lowest BCUT2D eigenvalue weighted by Gasteiger charge is -2.04. The van der Waals surface area contributed by atoms with Crippen LogP contribution in [0.2, 0.25) is 0 Å². The standard InChI is InChI=1S/C7H10N4.2ClH/c8-5-3-1-2-4(6(5)9)7(10)11;;/h1-3H,8-9H2,(H3,10,11);2*1H. The lowest BCUT2D eigenvalue weighted by atomic mass is 10.1. The van der Waals surface area contributed by atoms with E-state index >= 15 is 0 Å². The van der Waals surface area contributed by atoms with Crippen LogP contribution >= 0.6 is 24.8 Å². The van der Waals surface area contributed by atoms with Gasteiger partial charge in [-0.15, -0.1) is 24.8 Å². The average Bonchev–Trinajstić information content (AvgIpc) is 1.94. The van der Waals surface area contributed by atoms with Crippen LogP contribution < -0.4 is 17.2 Å². The number of halogens is 2. The molecular formula is C7H12Cl2N4. The molecule has 4 nitrogen and oxygen atoms in total. The molecule has 0 unspecified atom stereocenters. The van der Waals surface area contributed by atoms with Gasteiger partial charge >= 0.3 is 0 Å². The summed E-state index contributed by atoms with van der Waals surface area (Å²) < 4.78 is 0. The Kier molecular flexibility index (Phi) is 6.10. The average molecular weight is 223 g/mol. The van der Waals surface area contributed by atoms with Crippen LogP contribution in [0.5, 0.6) is 0 Å². The van der Waals surface area contributed by atoms with E-state index in [1.54, 1.807) is 18.2 Å². The topological polar surface area (TPSA) is 102 Å². The molecule has 0 saturated heterocycles. The van der Waals surface area contributed by atoms with Gasteiger partial charge in [-0.25, -0.2) is 0 Å². The van der Waals surface area contributed by atoms with Crippen LogP contribution in [0.1, 0.15) is 5.56 Å². The first-order chi connectivity index (χ1) is 5.13. The number of nitrogens with one attached hydrogen (secondary N) is 1. The van der Waals surface area contributed by atoms with Crippen molar-refractivity contribution < 1.29 is 0 Å². The van der Waals surface area contributed by atoms with E-state index < -0.39 is 0 Å². The van der Waals surface area contributed by atoms with Crippen LogP contribution in [0.4, 0.5) is 11.4 Å². The minimum atomic E-state index is -0.0604. The summed E-state index contributed by atoms with van der Waals surface area (Å²) in [6.07, 6.45) is 0. The molecule has 0 heterocycles. The Morgan fingerprint density at radius 2 is 1.69 bits per heavy atom. The third-order valence-electron chi connectivity index (χ3n) is 1.43. The molecule has 1 rings (SSSR count). The molecule has 13 heavy (non-hydrogen) atoms. The molecular weight excluding hydrogens is 211 g/mol. The molecule has 7 N–H and O–H groups in total. The van der Waals surface area contributed by atoms with Crippen molar-refractivity contribution in [2.45, 2.75) is 0 Å². The Bertz CT molecular complexity index is 301. The molecule has 0 radical (unpaired) electrons. The zero-order valence-corrected chi connectivity index (χ0v) is 8.41. The van der Waals surface area contributed by atoms with Gasteiger partial charge in [0.05, 0.1) is 11.4 Å². The van der Waals surface area contributed by atoms with Gasteiger partial charge in [0.2, 0.25) is 0 Å². The highest BCUT2D eigenvalue weighted by Crippen LogP contribution is 2.18. The van der Waals surface area contributed by atoms with Gasteiger partial charge in [0.1, 0.15) is 5.84 Å². The summed E-state index contributed by atoms with van der Waals surface area (Å²) in [5.74, 6) is -0.0604. The first kappa shape index (κ1) is 14.4. The second kappa shape index (κ2) is 5.50. The van der Waals surface area contributed by atoms with Crippen molar-refractivity contribution in [2.24, 2.45) is 5.73 Å². The van der Waals surface area contributed by atoms with E-state index in [-0.39, 0.29) is 30.6 Å². The van der Waals surface area contributed by atoms with E-state index in [4.69, 9.17) is 22.6 Å². The van der Waals surface area contributed by atoms with E-state index in [0.29, 0.717) is 16.9 Å². The molecule has 0 aliphatic carbocycles. The lowest BCUT2D eigenvalue weighted by molar-refractivity contribution is 1.43. The first-order valence-corrected chi connectivity index (χ1v) is 3.11. The van der Waals surface area contributed by atoms with Gasteiger partial charge in [-0.2, -0.15) is 0 Å². The number of amidine groups is 1. The molecule has 0 aromatic heterocycles. The van der Waals surface area contributed by atoms with E-state index in [9.17, 15) is 0 Å². The fraction of sp³-hybridized carbons (Fsp3) is 0. The van der Waals surface area contributed by atoms with Gasteiger partial charge in [0.25, 0.3) is 0 Å². The second-order valence-corrected chi connectivity index (χ2v) is 2.22. The van der Waals surface area contributed by atoms with Crippen LogP contribution in [-0.4, -0.2) is 5.84 Å². The third kappa shape index (κ3) is 3.01. The molecule has 0 amide bonds. The molecule has 74 valence electrons. The monoisotopic (exact) mass is 222 g/mol. The molecule has 0 spiro atoms. The SMILES string of the molecule is Cl.Cl.N=C(N)c1cccc(N)c1N. The van der Waals surface area contributed by atoms with E-state index in [0.717, 1.165) is 0 Å². The molecule has 1 aromatic rings. The van der Waals surface area contributed by atoms with Crippen molar-refractivity contribution in [1.29, 1.82) is 5.41 Å². The largest absolute Gasteiger partial charge is 0.397 e. The second-order valence-electron chi connectivity index (χ2n) is 2.22. The minimum Gasteiger partial charge on any atom is -0.397 e. The molecule has 0 aliphatic rings. The van der Waals surface area contributed by atoms with Crippen molar-refractivity contribution in [3.8, 4) is 0 Å². The van der Waals surface area contributed by atoms with Gasteiger partial charge < -0.3 is 17.2 Å². The van der Waals surface area contributed by atoms with Gasteiger partial charge in [0, 0.05) is 5.56 Å². The summed E-state index contributed by atoms with van der Waals surface area (Å²) in [5, 5.41) is 7.12. The van der Waals surface area contributed by atoms with Crippen LogP contribution in [-0.2, 0) is 0 Å². The van der Waals surface area contributed by atoms with Crippen LogP contribution in [0, 0.1) is 5.41 Å². The van der Waals surface area contributed by atoms with Crippen molar-refractivity contribution in [1.82, 2.24) is 0 Å². The first-order valence-electron chi connectivity index (χ1n) is 3.11. The highest BCUT2D eigenvalue weighted by molar-refractivity contribution is 6.02. The number of hydrogen-bond donors (Lipinski definition) is 4. The maximum absolute atomic E-state index is 7.12. The van der Waals surface area contributed by atoms with Crippen LogP contribution in [0.3, 0.4) is 0 Å². The molecule has 0 bridgehead atoms. The minimum absolute atomic E-state index is 0. The Morgan fingerprint density at radius 1 is 1.15 bits per heavy atom. The number of hydrogen-bond acceptors (Lipinski definition) is 3. The highest BCUT2D eigenvalue weighted by atomic mass is 35.5. The fourth-order valence-electron chi connectivity index (χ4n) is 0.818. The fourth-order valence-corrected chi connectivity index (χ4v) is 0.818. The van der Waals surface area contributed by atoms with Crippen molar-refractivity contribution in [2.75, 3.05) is 11.5 Å². The van der Waals surface area contributed by atoms with Crippen molar-refractivity contribution in [3.63, 3.8) is 0 Å². The van der Waals surface area contributed by atoms with Gasteiger partial charge in [0.15, 0.2) is 0 Å². The maximum Gasteiger partial charge on any atom is 0.124 e. The molecule has 0 fully saturated rings. The predicted molar refractivity (Wildman–Crippen MR) is 60.8 cm³/mol. The van der Waals surface area contributed by atoms with Crippen LogP contribution in [0.15, 0.2) is 18.2 Å². The summed E-state index contributed by atoms with van der Waals surface area (Å²) in [7, 11) is 0. The summed E-state index contributed by atoms with van der Waals surface area (Å²) in [5.41, 5.74) is 17.6. The molecule has 0 aliphatic heterocycles. The zero-order valence-electron chi connectivity index (χ0n) is 6.78. The third-order valence-corrected chi connectivity index (χ3v) is 1.43. The quantitative estimate of drug-likeness (QED) is 0.324. The van der Waals surface area contributed by atoms with Crippen molar-refractivity contribution >= 4 is 42.0 Å². The Balaban J connectivity index is 0.